The Bertz CT molecular complexity index is 335. The molecule has 0 saturated carbocycles. The summed E-state index contributed by atoms with van der Waals surface area (Å²) in [6.07, 6.45) is 1.66. The largest absolute Gasteiger partial charge is 0.491 e. The van der Waals surface area contributed by atoms with E-state index >= 15 is 0 Å². The van der Waals surface area contributed by atoms with Gasteiger partial charge in [-0.15, -0.1) is 0 Å². The lowest BCUT2D eigenvalue weighted by Gasteiger charge is -2.21. The van der Waals surface area contributed by atoms with Crippen LogP contribution in [0.15, 0.2) is 24.3 Å². The van der Waals surface area contributed by atoms with Crippen molar-refractivity contribution in [3.8, 4) is 5.75 Å². The number of hydrogen-bond acceptors (Lipinski definition) is 3. The Balaban J connectivity index is 2.71. The molecule has 0 aliphatic heterocycles. The molecule has 3 nitrogen and oxygen atoms in total. The fraction of sp³-hybridized carbons (Fsp3) is 0.600. The summed E-state index contributed by atoms with van der Waals surface area (Å²) in [4.78, 5) is 0. The van der Waals surface area contributed by atoms with Crippen molar-refractivity contribution >= 4 is 0 Å². The number of rotatable bonds is 7. The van der Waals surface area contributed by atoms with Gasteiger partial charge in [-0.2, -0.15) is 0 Å². The van der Waals surface area contributed by atoms with Crippen molar-refractivity contribution < 1.29 is 9.84 Å². The highest BCUT2D eigenvalue weighted by atomic mass is 16.5. The van der Waals surface area contributed by atoms with E-state index in [0.29, 0.717) is 6.54 Å². The number of aliphatic hydroxyl groups is 1. The monoisotopic (exact) mass is 251 g/mol. The summed E-state index contributed by atoms with van der Waals surface area (Å²) in [5.41, 5.74) is 6.62. The second-order valence-corrected chi connectivity index (χ2v) is 4.96. The first-order valence-electron chi connectivity index (χ1n) is 6.73. The number of benzene rings is 1. The highest BCUT2D eigenvalue weighted by molar-refractivity contribution is 5.29. The quantitative estimate of drug-likeness (QED) is 0.783. The number of hydrogen-bond donors (Lipinski definition) is 2. The summed E-state index contributed by atoms with van der Waals surface area (Å²) >= 11 is 0. The summed E-state index contributed by atoms with van der Waals surface area (Å²) < 4.78 is 5.58. The first-order chi connectivity index (χ1) is 8.58. The predicted octanol–water partition coefficient (Wildman–Crippen LogP) is 2.88. The molecule has 1 aromatic carbocycles. The number of nitrogens with two attached hydrogens (primary N) is 1. The van der Waals surface area contributed by atoms with Crippen molar-refractivity contribution in [2.75, 3.05) is 6.54 Å². The molecule has 0 aliphatic rings. The third-order valence-corrected chi connectivity index (χ3v) is 3.00. The Morgan fingerprint density at radius 2 is 1.83 bits per heavy atom. The molecule has 0 bridgehead atoms. The minimum atomic E-state index is -0.483. The molecule has 0 amide bonds. The number of ether oxygens (including phenoxy) is 1. The van der Waals surface area contributed by atoms with E-state index in [-0.39, 0.29) is 12.0 Å². The number of aliphatic hydroxyl groups excluding tert-OH is 1. The molecule has 1 aromatic rings. The van der Waals surface area contributed by atoms with Crippen molar-refractivity contribution in [2.45, 2.75) is 45.8 Å². The zero-order valence-electron chi connectivity index (χ0n) is 11.6. The molecular formula is C15H25NO2. The van der Waals surface area contributed by atoms with Gasteiger partial charge in [-0.3, -0.25) is 0 Å². The summed E-state index contributed by atoms with van der Waals surface area (Å²) in [5, 5.41) is 10.3. The highest BCUT2D eigenvalue weighted by Crippen LogP contribution is 2.26. The first-order valence-corrected chi connectivity index (χ1v) is 6.73. The summed E-state index contributed by atoms with van der Waals surface area (Å²) in [7, 11) is 0. The molecule has 0 aromatic heterocycles. The van der Waals surface area contributed by atoms with Gasteiger partial charge in [-0.25, -0.2) is 0 Å². The average molecular weight is 251 g/mol. The predicted molar refractivity (Wildman–Crippen MR) is 74.6 cm³/mol. The molecule has 0 saturated heterocycles. The molecule has 0 spiro atoms. The van der Waals surface area contributed by atoms with Crippen LogP contribution in [0.4, 0.5) is 0 Å². The maximum absolute atomic E-state index is 10.3. The molecule has 3 N–H and O–H groups in total. The average Bonchev–Trinajstić information content (AvgIpc) is 2.35. The van der Waals surface area contributed by atoms with E-state index in [1.54, 1.807) is 0 Å². The van der Waals surface area contributed by atoms with Gasteiger partial charge in [-0.05, 0) is 44.5 Å². The second kappa shape index (κ2) is 7.39. The zero-order chi connectivity index (χ0) is 13.5. The van der Waals surface area contributed by atoms with Crippen LogP contribution in [0.3, 0.4) is 0 Å². The normalized spacial score (nSPS) is 14.6. The van der Waals surface area contributed by atoms with E-state index in [9.17, 15) is 5.11 Å². The minimum absolute atomic E-state index is 0.131. The van der Waals surface area contributed by atoms with Gasteiger partial charge in [0.15, 0.2) is 0 Å². The van der Waals surface area contributed by atoms with Crippen LogP contribution in [-0.2, 0) is 0 Å². The van der Waals surface area contributed by atoms with Crippen LogP contribution in [0, 0.1) is 5.92 Å². The maximum Gasteiger partial charge on any atom is 0.119 e. The SMILES string of the molecule is CCCC(CN)C(O)c1ccc(OC(C)C)cc1. The van der Waals surface area contributed by atoms with E-state index in [2.05, 4.69) is 6.92 Å². The smallest absolute Gasteiger partial charge is 0.119 e. The van der Waals surface area contributed by atoms with Crippen molar-refractivity contribution in [3.05, 3.63) is 29.8 Å². The summed E-state index contributed by atoms with van der Waals surface area (Å²) in [6.45, 7) is 6.61. The Labute approximate surface area is 110 Å². The molecule has 0 radical (unpaired) electrons. The fourth-order valence-electron chi connectivity index (χ4n) is 2.06. The molecule has 0 aliphatic carbocycles. The van der Waals surface area contributed by atoms with Gasteiger partial charge < -0.3 is 15.6 Å². The van der Waals surface area contributed by atoms with Crippen LogP contribution in [-0.4, -0.2) is 17.8 Å². The molecular weight excluding hydrogens is 226 g/mol. The molecule has 18 heavy (non-hydrogen) atoms. The van der Waals surface area contributed by atoms with Crippen LogP contribution in [0.2, 0.25) is 0 Å². The van der Waals surface area contributed by atoms with Gasteiger partial charge >= 0.3 is 0 Å². The fourth-order valence-corrected chi connectivity index (χ4v) is 2.06. The lowest BCUT2D eigenvalue weighted by Crippen LogP contribution is -2.21. The van der Waals surface area contributed by atoms with E-state index in [1.807, 2.05) is 38.1 Å². The van der Waals surface area contributed by atoms with Crippen LogP contribution in [0.5, 0.6) is 5.75 Å². The lowest BCUT2D eigenvalue weighted by molar-refractivity contribution is 0.106. The Morgan fingerprint density at radius 1 is 1.22 bits per heavy atom. The van der Waals surface area contributed by atoms with E-state index in [4.69, 9.17) is 10.5 Å². The summed E-state index contributed by atoms with van der Waals surface area (Å²) in [5.74, 6) is 0.965. The zero-order valence-corrected chi connectivity index (χ0v) is 11.6. The summed E-state index contributed by atoms with van der Waals surface area (Å²) in [6, 6.07) is 7.64. The van der Waals surface area contributed by atoms with Crippen molar-refractivity contribution in [2.24, 2.45) is 11.7 Å². The van der Waals surface area contributed by atoms with Crippen molar-refractivity contribution in [1.29, 1.82) is 0 Å². The third-order valence-electron chi connectivity index (χ3n) is 3.00. The van der Waals surface area contributed by atoms with Crippen LogP contribution in [0.1, 0.15) is 45.3 Å². The maximum atomic E-state index is 10.3. The first kappa shape index (κ1) is 15.0. The van der Waals surface area contributed by atoms with Crippen molar-refractivity contribution in [3.63, 3.8) is 0 Å². The van der Waals surface area contributed by atoms with E-state index in [1.165, 1.54) is 0 Å². The Morgan fingerprint density at radius 3 is 2.28 bits per heavy atom. The molecule has 0 heterocycles. The molecule has 0 fully saturated rings. The highest BCUT2D eigenvalue weighted by Gasteiger charge is 2.18. The molecule has 102 valence electrons. The van der Waals surface area contributed by atoms with Gasteiger partial charge in [0.1, 0.15) is 5.75 Å². The minimum Gasteiger partial charge on any atom is -0.491 e. The van der Waals surface area contributed by atoms with Gasteiger partial charge in [0.2, 0.25) is 0 Å². The Kier molecular flexibility index (Phi) is 6.16. The molecule has 2 unspecified atom stereocenters. The topological polar surface area (TPSA) is 55.5 Å². The van der Waals surface area contributed by atoms with Gasteiger partial charge in [-0.1, -0.05) is 25.5 Å². The lowest BCUT2D eigenvalue weighted by atomic mass is 9.92. The van der Waals surface area contributed by atoms with E-state index in [0.717, 1.165) is 24.2 Å². The van der Waals surface area contributed by atoms with Gasteiger partial charge in [0.05, 0.1) is 12.2 Å². The Hall–Kier alpha value is -1.06. The van der Waals surface area contributed by atoms with Crippen LogP contribution in [0.25, 0.3) is 0 Å². The molecule has 2 atom stereocenters. The standard InChI is InChI=1S/C15H25NO2/c1-4-5-13(10-16)15(17)12-6-8-14(9-7-12)18-11(2)3/h6-9,11,13,15,17H,4-5,10,16H2,1-3H3. The molecule has 1 rings (SSSR count). The van der Waals surface area contributed by atoms with Crippen LogP contribution >= 0.6 is 0 Å². The second-order valence-electron chi connectivity index (χ2n) is 4.96. The van der Waals surface area contributed by atoms with E-state index < -0.39 is 6.10 Å². The van der Waals surface area contributed by atoms with Gasteiger partial charge in [0, 0.05) is 5.92 Å². The third kappa shape index (κ3) is 4.31. The van der Waals surface area contributed by atoms with Gasteiger partial charge in [0.25, 0.3) is 0 Å². The molecule has 3 heteroatoms. The van der Waals surface area contributed by atoms with Crippen LogP contribution < -0.4 is 10.5 Å². The van der Waals surface area contributed by atoms with Crippen molar-refractivity contribution in [1.82, 2.24) is 0 Å².